The van der Waals surface area contributed by atoms with E-state index in [-0.39, 0.29) is 5.91 Å². The van der Waals surface area contributed by atoms with Crippen molar-refractivity contribution in [2.45, 2.75) is 0 Å². The van der Waals surface area contributed by atoms with Gasteiger partial charge in [-0.3, -0.25) is 4.79 Å². The molecule has 5 nitrogen and oxygen atoms in total. The zero-order valence-electron chi connectivity index (χ0n) is 11.9. The van der Waals surface area contributed by atoms with E-state index in [1.165, 1.54) is 11.3 Å². The summed E-state index contributed by atoms with van der Waals surface area (Å²) >= 11 is 1.41. The van der Waals surface area contributed by atoms with Gasteiger partial charge in [0.2, 0.25) is 0 Å². The zero-order chi connectivity index (χ0) is 15.1. The van der Waals surface area contributed by atoms with Crippen LogP contribution in [-0.4, -0.2) is 33.3 Å². The van der Waals surface area contributed by atoms with E-state index in [0.29, 0.717) is 35.3 Å². The molecule has 1 heterocycles. The highest BCUT2D eigenvalue weighted by Crippen LogP contribution is 2.27. The maximum Gasteiger partial charge on any atom is 0.261 e. The first-order valence-corrected chi connectivity index (χ1v) is 7.28. The van der Waals surface area contributed by atoms with Gasteiger partial charge in [-0.25, -0.2) is 0 Å². The van der Waals surface area contributed by atoms with Crippen LogP contribution in [0.3, 0.4) is 0 Å². The minimum atomic E-state index is -0.0863. The number of benzene rings is 1. The normalized spacial score (nSPS) is 10.0. The summed E-state index contributed by atoms with van der Waals surface area (Å²) in [7, 11) is 3.17. The number of thiophene rings is 1. The number of rotatable bonds is 7. The molecule has 0 atom stereocenters. The summed E-state index contributed by atoms with van der Waals surface area (Å²) in [5.41, 5.74) is 0. The first-order valence-electron chi connectivity index (χ1n) is 6.40. The summed E-state index contributed by atoms with van der Waals surface area (Å²) in [6, 6.07) is 8.94. The highest BCUT2D eigenvalue weighted by molar-refractivity contribution is 7.12. The monoisotopic (exact) mass is 307 g/mol. The molecule has 0 spiro atoms. The standard InChI is InChI=1S/C15H17NO4S/c1-18-11-8-12(19-2)10-13(9-11)20-6-5-16-15(17)14-4-3-7-21-14/h3-4,7-10H,5-6H2,1-2H3,(H,16,17). The van der Waals surface area contributed by atoms with Crippen molar-refractivity contribution in [1.82, 2.24) is 5.32 Å². The molecule has 21 heavy (non-hydrogen) atoms. The van der Waals surface area contributed by atoms with Gasteiger partial charge in [0.15, 0.2) is 0 Å². The molecular formula is C15H17NO4S. The molecular weight excluding hydrogens is 290 g/mol. The Labute approximate surface area is 127 Å². The predicted molar refractivity (Wildman–Crippen MR) is 81.7 cm³/mol. The molecule has 2 rings (SSSR count). The van der Waals surface area contributed by atoms with Crippen LogP contribution >= 0.6 is 11.3 Å². The first-order chi connectivity index (χ1) is 10.2. The molecule has 1 amide bonds. The lowest BCUT2D eigenvalue weighted by Crippen LogP contribution is -2.27. The van der Waals surface area contributed by atoms with E-state index in [9.17, 15) is 4.79 Å². The topological polar surface area (TPSA) is 56.8 Å². The summed E-state index contributed by atoms with van der Waals surface area (Å²) in [5.74, 6) is 1.87. The number of amides is 1. The Morgan fingerprint density at radius 1 is 1.14 bits per heavy atom. The van der Waals surface area contributed by atoms with Crippen molar-refractivity contribution in [2.75, 3.05) is 27.4 Å². The van der Waals surface area contributed by atoms with Crippen molar-refractivity contribution < 1.29 is 19.0 Å². The lowest BCUT2D eigenvalue weighted by Gasteiger charge is -2.10. The number of ether oxygens (including phenoxy) is 3. The Morgan fingerprint density at radius 2 is 1.81 bits per heavy atom. The van der Waals surface area contributed by atoms with Gasteiger partial charge in [0, 0.05) is 18.2 Å². The van der Waals surface area contributed by atoms with Crippen LogP contribution in [0.15, 0.2) is 35.7 Å². The second-order valence-corrected chi connectivity index (χ2v) is 5.08. The molecule has 0 radical (unpaired) electrons. The second kappa shape index (κ2) is 7.54. The van der Waals surface area contributed by atoms with Crippen molar-refractivity contribution in [3.8, 4) is 17.2 Å². The summed E-state index contributed by atoms with van der Waals surface area (Å²) in [6.45, 7) is 0.795. The summed E-state index contributed by atoms with van der Waals surface area (Å²) in [4.78, 5) is 12.4. The summed E-state index contributed by atoms with van der Waals surface area (Å²) in [6.07, 6.45) is 0. The van der Waals surface area contributed by atoms with E-state index in [0.717, 1.165) is 0 Å². The van der Waals surface area contributed by atoms with Gasteiger partial charge in [-0.15, -0.1) is 11.3 Å². The lowest BCUT2D eigenvalue weighted by atomic mass is 10.3. The number of carbonyl (C=O) groups is 1. The van der Waals surface area contributed by atoms with Crippen LogP contribution in [0.4, 0.5) is 0 Å². The van der Waals surface area contributed by atoms with E-state index in [1.54, 1.807) is 38.5 Å². The third kappa shape index (κ3) is 4.39. The largest absolute Gasteiger partial charge is 0.496 e. The van der Waals surface area contributed by atoms with Gasteiger partial charge in [-0.2, -0.15) is 0 Å². The van der Waals surface area contributed by atoms with Gasteiger partial charge in [0.1, 0.15) is 23.9 Å². The maximum atomic E-state index is 11.7. The number of nitrogens with one attached hydrogen (secondary N) is 1. The Bertz CT molecular complexity index is 561. The van der Waals surface area contributed by atoms with Crippen molar-refractivity contribution in [3.05, 3.63) is 40.6 Å². The van der Waals surface area contributed by atoms with Crippen LogP contribution in [0.1, 0.15) is 9.67 Å². The fourth-order valence-corrected chi connectivity index (χ4v) is 2.33. The van der Waals surface area contributed by atoms with Gasteiger partial charge in [-0.05, 0) is 11.4 Å². The Balaban J connectivity index is 1.82. The molecule has 0 unspecified atom stereocenters. The summed E-state index contributed by atoms with van der Waals surface area (Å²) in [5, 5.41) is 4.67. The average molecular weight is 307 g/mol. The van der Waals surface area contributed by atoms with E-state index in [1.807, 2.05) is 11.4 Å². The van der Waals surface area contributed by atoms with Gasteiger partial charge in [0.05, 0.1) is 25.6 Å². The second-order valence-electron chi connectivity index (χ2n) is 4.13. The van der Waals surface area contributed by atoms with Crippen molar-refractivity contribution in [3.63, 3.8) is 0 Å². The quantitative estimate of drug-likeness (QED) is 0.799. The lowest BCUT2D eigenvalue weighted by molar-refractivity contribution is 0.0951. The Kier molecular flexibility index (Phi) is 5.45. The average Bonchev–Trinajstić information content (AvgIpc) is 3.05. The smallest absolute Gasteiger partial charge is 0.261 e. The number of carbonyl (C=O) groups excluding carboxylic acids is 1. The van der Waals surface area contributed by atoms with Gasteiger partial charge in [0.25, 0.3) is 5.91 Å². The first kappa shape index (κ1) is 15.2. The third-order valence-corrected chi connectivity index (χ3v) is 3.59. The van der Waals surface area contributed by atoms with Crippen LogP contribution < -0.4 is 19.5 Å². The van der Waals surface area contributed by atoms with Crippen molar-refractivity contribution >= 4 is 17.2 Å². The molecule has 0 saturated heterocycles. The number of methoxy groups -OCH3 is 2. The van der Waals surface area contributed by atoms with E-state index in [4.69, 9.17) is 14.2 Å². The van der Waals surface area contributed by atoms with Crippen LogP contribution in [0.25, 0.3) is 0 Å². The Hall–Kier alpha value is -2.21. The highest BCUT2D eigenvalue weighted by Gasteiger charge is 2.06. The van der Waals surface area contributed by atoms with E-state index < -0.39 is 0 Å². The molecule has 1 N–H and O–H groups in total. The molecule has 1 aromatic carbocycles. The molecule has 0 aliphatic carbocycles. The molecule has 6 heteroatoms. The van der Waals surface area contributed by atoms with E-state index in [2.05, 4.69) is 5.32 Å². The van der Waals surface area contributed by atoms with Crippen molar-refractivity contribution in [1.29, 1.82) is 0 Å². The van der Waals surface area contributed by atoms with Gasteiger partial charge < -0.3 is 19.5 Å². The Morgan fingerprint density at radius 3 is 2.38 bits per heavy atom. The molecule has 0 saturated carbocycles. The fraction of sp³-hybridized carbons (Fsp3) is 0.267. The zero-order valence-corrected chi connectivity index (χ0v) is 12.7. The van der Waals surface area contributed by atoms with Crippen LogP contribution in [-0.2, 0) is 0 Å². The third-order valence-electron chi connectivity index (χ3n) is 2.73. The van der Waals surface area contributed by atoms with Crippen LogP contribution in [0.5, 0.6) is 17.2 Å². The molecule has 0 aliphatic heterocycles. The van der Waals surface area contributed by atoms with Gasteiger partial charge in [-0.1, -0.05) is 6.07 Å². The number of hydrogen-bond donors (Lipinski definition) is 1. The predicted octanol–water partition coefficient (Wildman–Crippen LogP) is 2.57. The highest BCUT2D eigenvalue weighted by atomic mass is 32.1. The molecule has 0 bridgehead atoms. The minimum absolute atomic E-state index is 0.0863. The molecule has 0 fully saturated rings. The van der Waals surface area contributed by atoms with Gasteiger partial charge >= 0.3 is 0 Å². The van der Waals surface area contributed by atoms with E-state index >= 15 is 0 Å². The molecule has 1 aromatic heterocycles. The molecule has 2 aromatic rings. The van der Waals surface area contributed by atoms with Crippen molar-refractivity contribution in [2.24, 2.45) is 0 Å². The summed E-state index contributed by atoms with van der Waals surface area (Å²) < 4.78 is 15.9. The molecule has 112 valence electrons. The van der Waals surface area contributed by atoms with Crippen LogP contribution in [0.2, 0.25) is 0 Å². The number of hydrogen-bond acceptors (Lipinski definition) is 5. The maximum absolute atomic E-state index is 11.7. The minimum Gasteiger partial charge on any atom is -0.496 e. The molecule has 0 aliphatic rings. The fourth-order valence-electron chi connectivity index (χ4n) is 1.69. The van der Waals surface area contributed by atoms with Crippen LogP contribution in [0, 0.1) is 0 Å². The SMILES string of the molecule is COc1cc(OC)cc(OCCNC(=O)c2cccs2)c1.